The van der Waals surface area contributed by atoms with E-state index < -0.39 is 0 Å². The molecule has 1 aromatic heterocycles. The smallest absolute Gasteiger partial charge is 0.274 e. The summed E-state index contributed by atoms with van der Waals surface area (Å²) in [6.45, 7) is 7.60. The number of nitrogens with zero attached hydrogens (tertiary/aromatic N) is 3. The number of likely N-dealkylation sites (tertiary alicyclic amines) is 1. The zero-order chi connectivity index (χ0) is 19.3. The Morgan fingerprint density at radius 3 is 2.83 bits per heavy atom. The second kappa shape index (κ2) is 11.7. The highest BCUT2D eigenvalue weighted by Gasteiger charge is 2.32. The molecule has 0 spiro atoms. The predicted octanol–water partition coefficient (Wildman–Crippen LogP) is 3.42. The van der Waals surface area contributed by atoms with Crippen LogP contribution in [0.2, 0.25) is 0 Å². The second-order valence-corrected chi connectivity index (χ2v) is 7.97. The van der Waals surface area contributed by atoms with Crippen molar-refractivity contribution in [1.82, 2.24) is 25.3 Å². The summed E-state index contributed by atoms with van der Waals surface area (Å²) in [5.74, 6) is 0.0922. The zero-order valence-electron chi connectivity index (χ0n) is 17.6. The number of rotatable bonds is 6. The number of carbonyl (C=O) groups excluding carboxylic acids is 1. The fourth-order valence-corrected chi connectivity index (χ4v) is 4.50. The van der Waals surface area contributed by atoms with Crippen molar-refractivity contribution in [2.24, 2.45) is 0 Å². The van der Waals surface area contributed by atoms with Crippen LogP contribution < -0.4 is 5.32 Å². The first kappa shape index (κ1) is 24.7. The second-order valence-electron chi connectivity index (χ2n) is 7.97. The van der Waals surface area contributed by atoms with Gasteiger partial charge in [0.2, 0.25) is 0 Å². The fourth-order valence-electron chi connectivity index (χ4n) is 4.50. The molecule has 1 amide bonds. The number of hydrogen-bond acceptors (Lipinski definition) is 4. The van der Waals surface area contributed by atoms with Crippen LogP contribution in [-0.2, 0) is 19.5 Å². The van der Waals surface area contributed by atoms with E-state index >= 15 is 0 Å². The summed E-state index contributed by atoms with van der Waals surface area (Å²) in [5.41, 5.74) is 4.14. The van der Waals surface area contributed by atoms with E-state index in [-0.39, 0.29) is 36.8 Å². The average Bonchev–Trinajstić information content (AvgIpc) is 3.17. The third-order valence-electron chi connectivity index (χ3n) is 5.90. The van der Waals surface area contributed by atoms with Gasteiger partial charge < -0.3 is 10.2 Å². The summed E-state index contributed by atoms with van der Waals surface area (Å²) < 4.78 is 0. The maximum Gasteiger partial charge on any atom is 0.274 e. The highest BCUT2D eigenvalue weighted by molar-refractivity contribution is 5.94. The van der Waals surface area contributed by atoms with Crippen LogP contribution in [0.25, 0.3) is 0 Å². The number of amides is 1. The molecule has 2 N–H and O–H groups in total. The van der Waals surface area contributed by atoms with Gasteiger partial charge >= 0.3 is 0 Å². The number of aromatic nitrogens is 2. The molecule has 1 aromatic carbocycles. The van der Waals surface area contributed by atoms with Crippen LogP contribution >= 0.6 is 24.8 Å². The van der Waals surface area contributed by atoms with Crippen molar-refractivity contribution in [3.8, 4) is 0 Å². The molecule has 1 atom stereocenters. The lowest BCUT2D eigenvalue weighted by molar-refractivity contribution is 0.0527. The minimum Gasteiger partial charge on any atom is -0.333 e. The maximum absolute atomic E-state index is 13.4. The molecule has 2 aliphatic heterocycles. The molecule has 6 nitrogen and oxygen atoms in total. The lowest BCUT2D eigenvalue weighted by atomic mass is 10.0. The van der Waals surface area contributed by atoms with Crippen molar-refractivity contribution in [2.45, 2.75) is 51.7 Å². The van der Waals surface area contributed by atoms with Gasteiger partial charge in [0.1, 0.15) is 0 Å². The molecule has 3 heterocycles. The summed E-state index contributed by atoms with van der Waals surface area (Å²) in [6.07, 6.45) is 4.08. The summed E-state index contributed by atoms with van der Waals surface area (Å²) in [7, 11) is 0. The predicted molar refractivity (Wildman–Crippen MR) is 125 cm³/mol. The van der Waals surface area contributed by atoms with Gasteiger partial charge in [-0.25, -0.2) is 0 Å². The number of H-pyrrole nitrogens is 1. The van der Waals surface area contributed by atoms with Crippen LogP contribution in [0.1, 0.15) is 53.5 Å². The monoisotopic (exact) mass is 453 g/mol. The highest BCUT2D eigenvalue weighted by Crippen LogP contribution is 2.23. The maximum atomic E-state index is 13.4. The molecule has 1 unspecified atom stereocenters. The Morgan fingerprint density at radius 1 is 1.27 bits per heavy atom. The van der Waals surface area contributed by atoms with E-state index in [1.807, 2.05) is 0 Å². The third-order valence-corrected chi connectivity index (χ3v) is 5.90. The molecule has 30 heavy (non-hydrogen) atoms. The number of carbonyl (C=O) groups is 1. The van der Waals surface area contributed by atoms with Gasteiger partial charge in [0.05, 0.1) is 0 Å². The minimum atomic E-state index is 0. The van der Waals surface area contributed by atoms with Gasteiger partial charge in [0, 0.05) is 56.4 Å². The van der Waals surface area contributed by atoms with Gasteiger partial charge in [-0.15, -0.1) is 24.8 Å². The summed E-state index contributed by atoms with van der Waals surface area (Å²) in [5, 5.41) is 10.9. The topological polar surface area (TPSA) is 64.3 Å². The standard InChI is InChI=1S/C22H31N5O.2ClH/c1-2-12-27(22(28)21-19-14-23-11-10-20(19)24-25-21)18-9-6-13-26(16-18)15-17-7-4-3-5-8-17;;/h3-5,7-8,18,23H,2,6,9-16H2,1H3,(H,24,25);2*1H. The molecule has 1 fully saturated rings. The Bertz CT molecular complexity index is 798. The van der Waals surface area contributed by atoms with Gasteiger partial charge in [-0.05, 0) is 31.4 Å². The van der Waals surface area contributed by atoms with E-state index in [0.29, 0.717) is 5.69 Å². The first-order chi connectivity index (χ1) is 13.8. The highest BCUT2D eigenvalue weighted by atomic mass is 35.5. The summed E-state index contributed by atoms with van der Waals surface area (Å²) in [4.78, 5) is 18.0. The van der Waals surface area contributed by atoms with Crippen molar-refractivity contribution < 1.29 is 4.79 Å². The number of aromatic amines is 1. The number of piperidine rings is 1. The van der Waals surface area contributed by atoms with E-state index in [1.165, 1.54) is 5.56 Å². The lowest BCUT2D eigenvalue weighted by Crippen LogP contribution is -2.50. The van der Waals surface area contributed by atoms with Crippen LogP contribution in [-0.4, -0.2) is 58.1 Å². The fraction of sp³-hybridized carbons (Fsp3) is 0.545. The van der Waals surface area contributed by atoms with E-state index in [4.69, 9.17) is 0 Å². The number of hydrogen-bond donors (Lipinski definition) is 2. The third kappa shape index (κ3) is 5.55. The van der Waals surface area contributed by atoms with Crippen molar-refractivity contribution >= 4 is 30.7 Å². The Balaban J connectivity index is 0.00000160. The van der Waals surface area contributed by atoms with Crippen molar-refractivity contribution in [3.63, 3.8) is 0 Å². The van der Waals surface area contributed by atoms with Gasteiger partial charge in [0.25, 0.3) is 5.91 Å². The minimum absolute atomic E-state index is 0. The molecule has 2 aliphatic rings. The van der Waals surface area contributed by atoms with Crippen molar-refractivity contribution in [1.29, 1.82) is 0 Å². The van der Waals surface area contributed by atoms with Crippen molar-refractivity contribution in [3.05, 3.63) is 52.8 Å². The number of fused-ring (bicyclic) bond motifs is 1. The zero-order valence-corrected chi connectivity index (χ0v) is 19.2. The van der Waals surface area contributed by atoms with Crippen LogP contribution in [0, 0.1) is 0 Å². The van der Waals surface area contributed by atoms with E-state index in [2.05, 4.69) is 62.6 Å². The molecule has 166 valence electrons. The Hall–Kier alpha value is -1.60. The molecule has 1 saturated heterocycles. The van der Waals surface area contributed by atoms with Gasteiger partial charge in [-0.1, -0.05) is 37.3 Å². The first-order valence-corrected chi connectivity index (χ1v) is 10.6. The van der Waals surface area contributed by atoms with Crippen LogP contribution in [0.15, 0.2) is 30.3 Å². The number of halogens is 2. The van der Waals surface area contributed by atoms with E-state index in [9.17, 15) is 4.79 Å². The van der Waals surface area contributed by atoms with Crippen LogP contribution in [0.3, 0.4) is 0 Å². The molecule has 4 rings (SSSR count). The van der Waals surface area contributed by atoms with E-state index in [1.54, 1.807) is 0 Å². The molecule has 0 radical (unpaired) electrons. The molecule has 2 aromatic rings. The Labute approximate surface area is 191 Å². The summed E-state index contributed by atoms with van der Waals surface area (Å²) >= 11 is 0. The molecule has 0 bridgehead atoms. The SMILES string of the molecule is CCCN(C(=O)c1n[nH]c2c1CNCC2)C1CCCN(Cc2ccccc2)C1.Cl.Cl. The van der Waals surface area contributed by atoms with Crippen LogP contribution in [0.4, 0.5) is 0 Å². The number of benzene rings is 1. The van der Waals surface area contributed by atoms with Crippen molar-refractivity contribution in [2.75, 3.05) is 26.2 Å². The lowest BCUT2D eigenvalue weighted by Gasteiger charge is -2.39. The normalized spacial score (nSPS) is 18.6. The van der Waals surface area contributed by atoms with Gasteiger partial charge in [0.15, 0.2) is 5.69 Å². The average molecular weight is 454 g/mol. The van der Waals surface area contributed by atoms with E-state index in [0.717, 1.165) is 76.2 Å². The van der Waals surface area contributed by atoms with Crippen LogP contribution in [0.5, 0.6) is 0 Å². The summed E-state index contributed by atoms with van der Waals surface area (Å²) in [6, 6.07) is 10.9. The number of nitrogens with one attached hydrogen (secondary N) is 2. The quantitative estimate of drug-likeness (QED) is 0.702. The Morgan fingerprint density at radius 2 is 2.07 bits per heavy atom. The molecular weight excluding hydrogens is 421 g/mol. The Kier molecular flexibility index (Phi) is 9.62. The molecule has 8 heteroatoms. The largest absolute Gasteiger partial charge is 0.333 e. The van der Waals surface area contributed by atoms with Gasteiger partial charge in [-0.2, -0.15) is 5.10 Å². The van der Waals surface area contributed by atoms with Gasteiger partial charge in [-0.3, -0.25) is 14.8 Å². The first-order valence-electron chi connectivity index (χ1n) is 10.6. The molecular formula is C22H33Cl2N5O. The molecule has 0 aliphatic carbocycles. The molecule has 0 saturated carbocycles.